The minimum Gasteiger partial charge on any atom is -0.384 e. The van der Waals surface area contributed by atoms with Crippen molar-refractivity contribution in [3.8, 4) is 10.8 Å². The van der Waals surface area contributed by atoms with Crippen LogP contribution in [0.2, 0.25) is 4.34 Å². The summed E-state index contributed by atoms with van der Waals surface area (Å²) in [6.07, 6.45) is 3.98. The summed E-state index contributed by atoms with van der Waals surface area (Å²) in [5, 5.41) is 0.721. The molecule has 3 rings (SSSR count). The molecule has 0 atom stereocenters. The number of nitrogen functional groups attached to an aromatic ring is 1. The Kier molecular flexibility index (Phi) is 2.29. The highest BCUT2D eigenvalue weighted by atomic mass is 35.5. The molecule has 16 heavy (non-hydrogen) atoms. The van der Waals surface area contributed by atoms with Gasteiger partial charge in [-0.2, -0.15) is 0 Å². The SMILES string of the molecule is Nc1cc(C2CC2)nc(-c2ncc(Cl)s2)n1. The van der Waals surface area contributed by atoms with Gasteiger partial charge in [-0.3, -0.25) is 0 Å². The van der Waals surface area contributed by atoms with Gasteiger partial charge in [0.2, 0.25) is 0 Å². The molecular weight excluding hydrogens is 244 g/mol. The molecule has 4 nitrogen and oxygen atoms in total. The molecule has 1 fully saturated rings. The van der Waals surface area contributed by atoms with Crippen molar-refractivity contribution < 1.29 is 0 Å². The van der Waals surface area contributed by atoms with Crippen molar-refractivity contribution >= 4 is 28.8 Å². The van der Waals surface area contributed by atoms with E-state index in [4.69, 9.17) is 17.3 Å². The number of halogens is 1. The maximum Gasteiger partial charge on any atom is 0.190 e. The van der Waals surface area contributed by atoms with E-state index in [0.717, 1.165) is 10.7 Å². The molecule has 82 valence electrons. The van der Waals surface area contributed by atoms with Gasteiger partial charge in [-0.05, 0) is 12.8 Å². The lowest BCUT2D eigenvalue weighted by atomic mass is 10.3. The Labute approximate surface area is 102 Å². The monoisotopic (exact) mass is 252 g/mol. The third kappa shape index (κ3) is 1.88. The summed E-state index contributed by atoms with van der Waals surface area (Å²) in [4.78, 5) is 12.8. The Hall–Kier alpha value is -1.20. The van der Waals surface area contributed by atoms with Gasteiger partial charge in [0.05, 0.1) is 6.20 Å². The maximum atomic E-state index is 5.83. The topological polar surface area (TPSA) is 64.7 Å². The molecular formula is C10H9ClN4S. The first-order valence-electron chi connectivity index (χ1n) is 4.98. The van der Waals surface area contributed by atoms with E-state index in [-0.39, 0.29) is 0 Å². The fraction of sp³-hybridized carbons (Fsp3) is 0.300. The Balaban J connectivity index is 2.06. The standard InChI is InChI=1S/C10H9ClN4S/c11-7-4-13-10(16-7)9-14-6(5-1-2-5)3-8(12)15-9/h3-5H,1-2H2,(H2,12,14,15). The molecule has 0 saturated heterocycles. The second-order valence-electron chi connectivity index (χ2n) is 3.79. The van der Waals surface area contributed by atoms with Crippen molar-refractivity contribution in [2.45, 2.75) is 18.8 Å². The first-order chi connectivity index (χ1) is 7.72. The van der Waals surface area contributed by atoms with Gasteiger partial charge in [-0.1, -0.05) is 22.9 Å². The van der Waals surface area contributed by atoms with Crippen LogP contribution in [0.4, 0.5) is 5.82 Å². The van der Waals surface area contributed by atoms with E-state index in [1.165, 1.54) is 24.2 Å². The molecule has 0 spiro atoms. The van der Waals surface area contributed by atoms with Crippen LogP contribution < -0.4 is 5.73 Å². The molecule has 2 N–H and O–H groups in total. The van der Waals surface area contributed by atoms with Gasteiger partial charge in [-0.25, -0.2) is 15.0 Å². The first kappa shape index (κ1) is 9.99. The van der Waals surface area contributed by atoms with Gasteiger partial charge >= 0.3 is 0 Å². The summed E-state index contributed by atoms with van der Waals surface area (Å²) in [6, 6.07) is 1.84. The van der Waals surface area contributed by atoms with Crippen LogP contribution in [0.1, 0.15) is 24.5 Å². The van der Waals surface area contributed by atoms with E-state index in [2.05, 4.69) is 15.0 Å². The van der Waals surface area contributed by atoms with Gasteiger partial charge < -0.3 is 5.73 Å². The van der Waals surface area contributed by atoms with Crippen LogP contribution in [0.5, 0.6) is 0 Å². The number of rotatable bonds is 2. The summed E-state index contributed by atoms with van der Waals surface area (Å²) < 4.78 is 0.633. The number of aromatic nitrogens is 3. The van der Waals surface area contributed by atoms with Crippen LogP contribution in [0.25, 0.3) is 10.8 Å². The van der Waals surface area contributed by atoms with E-state index in [1.54, 1.807) is 6.20 Å². The van der Waals surface area contributed by atoms with Gasteiger partial charge in [0.15, 0.2) is 10.8 Å². The Bertz CT molecular complexity index is 535. The molecule has 6 heteroatoms. The highest BCUT2D eigenvalue weighted by Crippen LogP contribution is 2.40. The van der Waals surface area contributed by atoms with Crippen LogP contribution in [-0.4, -0.2) is 15.0 Å². The fourth-order valence-corrected chi connectivity index (χ4v) is 2.37. The van der Waals surface area contributed by atoms with E-state index in [0.29, 0.717) is 21.9 Å². The minimum atomic E-state index is 0.498. The normalized spacial score (nSPS) is 15.3. The zero-order valence-corrected chi connectivity index (χ0v) is 9.92. The quantitative estimate of drug-likeness (QED) is 0.893. The fourth-order valence-electron chi connectivity index (χ4n) is 1.53. The third-order valence-corrected chi connectivity index (χ3v) is 3.54. The van der Waals surface area contributed by atoms with Crippen molar-refractivity contribution in [3.63, 3.8) is 0 Å². The number of hydrogen-bond donors (Lipinski definition) is 1. The molecule has 1 saturated carbocycles. The molecule has 2 aromatic rings. The van der Waals surface area contributed by atoms with Crippen LogP contribution >= 0.6 is 22.9 Å². The largest absolute Gasteiger partial charge is 0.384 e. The zero-order valence-electron chi connectivity index (χ0n) is 8.35. The van der Waals surface area contributed by atoms with Gasteiger partial charge in [0.1, 0.15) is 10.2 Å². The molecule has 2 heterocycles. The Morgan fingerprint density at radius 2 is 2.19 bits per heavy atom. The van der Waals surface area contributed by atoms with Crippen molar-refractivity contribution in [1.82, 2.24) is 15.0 Å². The van der Waals surface area contributed by atoms with Crippen molar-refractivity contribution in [3.05, 3.63) is 22.3 Å². The second-order valence-corrected chi connectivity index (χ2v) is 5.45. The number of nitrogens with two attached hydrogens (primary N) is 1. The van der Waals surface area contributed by atoms with E-state index in [9.17, 15) is 0 Å². The van der Waals surface area contributed by atoms with Crippen LogP contribution in [0.3, 0.4) is 0 Å². The maximum absolute atomic E-state index is 5.83. The summed E-state index contributed by atoms with van der Waals surface area (Å²) in [5.41, 5.74) is 6.78. The minimum absolute atomic E-state index is 0.498. The highest BCUT2D eigenvalue weighted by molar-refractivity contribution is 7.18. The predicted molar refractivity (Wildman–Crippen MR) is 64.5 cm³/mol. The van der Waals surface area contributed by atoms with Gasteiger partial charge in [0.25, 0.3) is 0 Å². The van der Waals surface area contributed by atoms with Crippen LogP contribution in [0, 0.1) is 0 Å². The summed E-state index contributed by atoms with van der Waals surface area (Å²) in [6.45, 7) is 0. The molecule has 0 bridgehead atoms. The third-order valence-electron chi connectivity index (χ3n) is 2.43. The van der Waals surface area contributed by atoms with Gasteiger partial charge in [0, 0.05) is 17.7 Å². The van der Waals surface area contributed by atoms with Crippen molar-refractivity contribution in [1.29, 1.82) is 0 Å². The lowest BCUT2D eigenvalue weighted by Crippen LogP contribution is -1.99. The number of thiazole rings is 1. The number of hydrogen-bond acceptors (Lipinski definition) is 5. The second kappa shape index (κ2) is 3.68. The molecule has 0 aromatic carbocycles. The van der Waals surface area contributed by atoms with Crippen LogP contribution in [-0.2, 0) is 0 Å². The predicted octanol–water partition coefficient (Wildman–Crippen LogP) is 2.71. The first-order valence-corrected chi connectivity index (χ1v) is 6.18. The van der Waals surface area contributed by atoms with Crippen molar-refractivity contribution in [2.24, 2.45) is 0 Å². The lowest BCUT2D eigenvalue weighted by molar-refractivity contribution is 0.996. The number of nitrogens with zero attached hydrogens (tertiary/aromatic N) is 3. The van der Waals surface area contributed by atoms with E-state index >= 15 is 0 Å². The molecule has 1 aliphatic rings. The Morgan fingerprint density at radius 1 is 1.38 bits per heavy atom. The molecule has 0 radical (unpaired) electrons. The number of anilines is 1. The Morgan fingerprint density at radius 3 is 2.81 bits per heavy atom. The average Bonchev–Trinajstić information content (AvgIpc) is 3.01. The summed E-state index contributed by atoms with van der Waals surface area (Å²) in [7, 11) is 0. The van der Waals surface area contributed by atoms with E-state index < -0.39 is 0 Å². The van der Waals surface area contributed by atoms with E-state index in [1.807, 2.05) is 6.07 Å². The van der Waals surface area contributed by atoms with Crippen molar-refractivity contribution in [2.75, 3.05) is 5.73 Å². The summed E-state index contributed by atoms with van der Waals surface area (Å²) in [5.74, 6) is 1.64. The smallest absolute Gasteiger partial charge is 0.190 e. The van der Waals surface area contributed by atoms with Crippen LogP contribution in [0.15, 0.2) is 12.3 Å². The van der Waals surface area contributed by atoms with Gasteiger partial charge in [-0.15, -0.1) is 0 Å². The highest BCUT2D eigenvalue weighted by Gasteiger charge is 2.26. The molecule has 2 aromatic heterocycles. The average molecular weight is 253 g/mol. The molecule has 0 aliphatic heterocycles. The lowest BCUT2D eigenvalue weighted by Gasteiger charge is -2.01. The molecule has 0 unspecified atom stereocenters. The zero-order chi connectivity index (χ0) is 11.1. The summed E-state index contributed by atoms with van der Waals surface area (Å²) >= 11 is 7.20. The molecule has 1 aliphatic carbocycles. The molecule has 0 amide bonds.